The van der Waals surface area contributed by atoms with Crippen molar-refractivity contribution in [2.75, 3.05) is 12.3 Å². The molecule has 0 aromatic carbocycles. The Labute approximate surface area is 285 Å². The number of unbranched alkanes of at least 4 members (excludes halogenated alkanes) is 1. The quantitative estimate of drug-likeness (QED) is 0.171. The van der Waals surface area contributed by atoms with Crippen molar-refractivity contribution >= 4 is 15.8 Å². The van der Waals surface area contributed by atoms with Gasteiger partial charge in [0.2, 0.25) is 0 Å². The highest BCUT2D eigenvalue weighted by Crippen LogP contribution is 2.81. The summed E-state index contributed by atoms with van der Waals surface area (Å²) in [6.45, 7) is 0. The largest absolute Gasteiger partial charge is 0.0939 e. The van der Waals surface area contributed by atoms with Crippen LogP contribution in [-0.2, 0) is 0 Å². The Morgan fingerprint density at radius 1 is 0.261 bits per heavy atom. The van der Waals surface area contributed by atoms with Crippen molar-refractivity contribution in [1.29, 1.82) is 0 Å². The van der Waals surface area contributed by atoms with Crippen LogP contribution in [0.2, 0.25) is 0 Å². The Balaban J connectivity index is 0.843. The van der Waals surface area contributed by atoms with Gasteiger partial charge in [-0.2, -0.15) is 0 Å². The van der Waals surface area contributed by atoms with Crippen molar-refractivity contribution in [3.05, 3.63) is 0 Å². The first-order chi connectivity index (χ1) is 22.4. The van der Waals surface area contributed by atoms with Gasteiger partial charge in [-0.05, 0) is 271 Å². The van der Waals surface area contributed by atoms with E-state index < -0.39 is 0 Å². The van der Waals surface area contributed by atoms with Gasteiger partial charge in [-0.15, -0.1) is 0 Å². The van der Waals surface area contributed by atoms with Crippen LogP contribution in [0.15, 0.2) is 0 Å². The molecule has 16 bridgehead atoms. The van der Waals surface area contributed by atoms with Crippen LogP contribution >= 0.6 is 15.8 Å². The summed E-state index contributed by atoms with van der Waals surface area (Å²) in [4.78, 5) is 0. The highest BCUT2D eigenvalue weighted by atomic mass is 31.1. The molecule has 16 aliphatic carbocycles. The molecule has 0 atom stereocenters. The summed E-state index contributed by atoms with van der Waals surface area (Å²) in [6.07, 6.45) is 47.4. The average Bonchev–Trinajstić information content (AvgIpc) is 2.96. The van der Waals surface area contributed by atoms with Crippen LogP contribution in [0.25, 0.3) is 0 Å². The predicted octanol–water partition coefficient (Wildman–Crippen LogP) is 12.6. The van der Waals surface area contributed by atoms with Gasteiger partial charge in [0.05, 0.1) is 0 Å². The van der Waals surface area contributed by atoms with Gasteiger partial charge in [0, 0.05) is 0 Å². The van der Waals surface area contributed by atoms with Gasteiger partial charge >= 0.3 is 0 Å². The summed E-state index contributed by atoms with van der Waals surface area (Å²) >= 11 is 0. The molecule has 2 heteroatoms. The lowest BCUT2D eigenvalue weighted by atomic mass is 9.55. The lowest BCUT2D eigenvalue weighted by Crippen LogP contribution is -2.57. The van der Waals surface area contributed by atoms with E-state index in [-0.39, 0.29) is 15.8 Å². The zero-order valence-corrected chi connectivity index (χ0v) is 31.4. The smallest absolute Gasteiger partial charge is 0.00815 e. The molecule has 46 heavy (non-hydrogen) atoms. The lowest BCUT2D eigenvalue weighted by Gasteiger charge is -2.68. The Kier molecular flexibility index (Phi) is 6.56. The van der Waals surface area contributed by atoms with Crippen molar-refractivity contribution in [2.45, 2.75) is 188 Å². The molecule has 0 nitrogen and oxygen atoms in total. The van der Waals surface area contributed by atoms with Gasteiger partial charge in [-0.3, -0.25) is 0 Å². The third kappa shape index (κ3) is 4.41. The second-order valence-corrected chi connectivity index (χ2v) is 29.0. The molecule has 16 saturated carbocycles. The Bertz CT molecular complexity index is 905. The van der Waals surface area contributed by atoms with E-state index in [0.29, 0.717) is 0 Å². The third-order valence-electron chi connectivity index (χ3n) is 19.3. The number of hydrogen-bond donors (Lipinski definition) is 0. The second kappa shape index (κ2) is 10.3. The molecular weight excluding hydrogens is 590 g/mol. The van der Waals surface area contributed by atoms with E-state index in [1.54, 1.807) is 179 Å². The van der Waals surface area contributed by atoms with Gasteiger partial charge in [0.15, 0.2) is 0 Å². The molecule has 0 aromatic heterocycles. The molecule has 16 aliphatic rings. The maximum absolute atomic E-state index is 1.75. The predicted molar refractivity (Wildman–Crippen MR) is 196 cm³/mol. The third-order valence-corrected chi connectivity index (χ3v) is 27.6. The first-order valence-electron chi connectivity index (χ1n) is 22.0. The summed E-state index contributed by atoms with van der Waals surface area (Å²) in [6, 6.07) is 0. The van der Waals surface area contributed by atoms with E-state index in [4.69, 9.17) is 0 Å². The Morgan fingerprint density at radius 3 is 0.565 bits per heavy atom. The molecule has 254 valence electrons. The Hall–Kier alpha value is 0.860. The summed E-state index contributed by atoms with van der Waals surface area (Å²) in [5, 5.41) is 3.45. The minimum atomic E-state index is 0.213. The minimum Gasteiger partial charge on any atom is -0.0939 e. The highest BCUT2D eigenvalue weighted by Gasteiger charge is 2.64. The van der Waals surface area contributed by atoms with Crippen molar-refractivity contribution < 1.29 is 0 Å². The van der Waals surface area contributed by atoms with E-state index in [2.05, 4.69) is 0 Å². The zero-order valence-electron chi connectivity index (χ0n) is 29.6. The molecule has 0 unspecified atom stereocenters. The molecule has 0 aliphatic heterocycles. The molecule has 0 aromatic rings. The van der Waals surface area contributed by atoms with Gasteiger partial charge in [-0.1, -0.05) is 15.8 Å². The van der Waals surface area contributed by atoms with Crippen molar-refractivity contribution in [3.63, 3.8) is 0 Å². The summed E-state index contributed by atoms with van der Waals surface area (Å²) in [7, 11) is 0.427. The van der Waals surface area contributed by atoms with E-state index in [1.807, 2.05) is 0 Å². The van der Waals surface area contributed by atoms with E-state index >= 15 is 0 Å². The molecule has 16 rings (SSSR count). The van der Waals surface area contributed by atoms with Crippen LogP contribution in [-0.4, -0.2) is 32.9 Å². The maximum atomic E-state index is 1.75. The van der Waals surface area contributed by atoms with Crippen LogP contribution in [0.1, 0.15) is 167 Å². The number of rotatable bonds is 9. The average molecular weight is 659 g/mol. The monoisotopic (exact) mass is 658 g/mol. The lowest BCUT2D eigenvalue weighted by molar-refractivity contribution is 0.0180. The molecular formula is C44H68P2. The van der Waals surface area contributed by atoms with Crippen molar-refractivity contribution in [1.82, 2.24) is 0 Å². The molecule has 0 heterocycles. The van der Waals surface area contributed by atoms with Gasteiger partial charge < -0.3 is 0 Å². The Morgan fingerprint density at radius 2 is 0.413 bits per heavy atom. The number of hydrogen-bond acceptors (Lipinski definition) is 0. The second-order valence-electron chi connectivity index (χ2n) is 22.6. The summed E-state index contributed by atoms with van der Waals surface area (Å²) in [5.74, 6) is 13.9. The molecule has 0 spiro atoms. The highest BCUT2D eigenvalue weighted by molar-refractivity contribution is 7.61. The van der Waals surface area contributed by atoms with Crippen LogP contribution in [0, 0.1) is 71.0 Å². The van der Waals surface area contributed by atoms with Crippen LogP contribution in [0.5, 0.6) is 0 Å². The van der Waals surface area contributed by atoms with Crippen molar-refractivity contribution in [2.24, 2.45) is 71.0 Å². The van der Waals surface area contributed by atoms with E-state index in [0.717, 1.165) is 91.6 Å². The van der Waals surface area contributed by atoms with Crippen molar-refractivity contribution in [3.8, 4) is 0 Å². The normalized spacial score (nSPS) is 60.8. The molecule has 16 fully saturated rings. The van der Waals surface area contributed by atoms with Crippen LogP contribution in [0.4, 0.5) is 0 Å². The fraction of sp³-hybridized carbons (Fsp3) is 1.00. The molecule has 0 saturated heterocycles. The van der Waals surface area contributed by atoms with Crippen LogP contribution < -0.4 is 0 Å². The van der Waals surface area contributed by atoms with Gasteiger partial charge in [0.25, 0.3) is 0 Å². The molecule has 0 radical (unpaired) electrons. The van der Waals surface area contributed by atoms with Crippen LogP contribution in [0.3, 0.4) is 0 Å². The molecule has 0 N–H and O–H groups in total. The SMILES string of the molecule is C(CCP(C12CC3CC(CC(C3)C1)C2)C12CC3CC(CC(C3)C1)C2)CP(C12CC3CC(CC(C3)C1)C2)C12CC3CC(CC(C3)C1)C2. The topological polar surface area (TPSA) is 0 Å². The minimum absolute atomic E-state index is 0.213. The zero-order chi connectivity index (χ0) is 29.9. The molecule has 0 amide bonds. The fourth-order valence-electron chi connectivity index (χ4n) is 20.1. The first-order valence-corrected chi connectivity index (χ1v) is 25.0. The fourth-order valence-corrected chi connectivity index (χ4v) is 30.8. The van der Waals surface area contributed by atoms with E-state index in [9.17, 15) is 0 Å². The summed E-state index contributed by atoms with van der Waals surface area (Å²) in [5.41, 5.74) is 0. The maximum Gasteiger partial charge on any atom is -0.00815 e. The van der Waals surface area contributed by atoms with Gasteiger partial charge in [0.1, 0.15) is 0 Å². The van der Waals surface area contributed by atoms with Gasteiger partial charge in [-0.25, -0.2) is 0 Å². The summed E-state index contributed by atoms with van der Waals surface area (Å²) < 4.78 is 0. The van der Waals surface area contributed by atoms with E-state index in [1.165, 1.54) is 0 Å². The standard InChI is InChI=1S/C44H68P2/c1(3-45(41-17-29-5-30(18-41)7-31(6-29)19-41)42-20-32-8-33(21-42)10-34(9-32)22-42)2-4-46(43-23-35-11-36(24-43)13-37(12-35)25-43)44-26-38-14-39(27-44)16-40(15-38)28-44/h29-40H,1-28H2. The first kappa shape index (κ1) is 29.4.